The Morgan fingerprint density at radius 3 is 1.17 bits per heavy atom. The van der Waals surface area contributed by atoms with Crippen molar-refractivity contribution in [3.05, 3.63) is 34.4 Å². The molecule has 23 heavy (non-hydrogen) atoms. The highest BCUT2D eigenvalue weighted by Gasteiger charge is 2.40. The fourth-order valence-corrected chi connectivity index (χ4v) is 3.33. The lowest BCUT2D eigenvalue weighted by molar-refractivity contribution is 0.321. The first-order chi connectivity index (χ1) is 10.6. The van der Waals surface area contributed by atoms with Crippen LogP contribution < -0.4 is 0 Å². The number of hydrogen-bond acceptors (Lipinski definition) is 0. The zero-order chi connectivity index (χ0) is 18.0. The van der Waals surface area contributed by atoms with Gasteiger partial charge in [0.2, 0.25) is 0 Å². The number of benzene rings is 1. The first-order valence-electron chi connectivity index (χ1n) is 8.50. The van der Waals surface area contributed by atoms with E-state index in [4.69, 9.17) is 0 Å². The Morgan fingerprint density at radius 1 is 0.609 bits per heavy atom. The Morgan fingerprint density at radius 2 is 0.913 bits per heavy atom. The van der Waals surface area contributed by atoms with Crippen LogP contribution in [0.2, 0.25) is 0 Å². The molecule has 1 aromatic carbocycles. The highest BCUT2D eigenvalue weighted by molar-refractivity contribution is 5.38. The second-order valence-corrected chi connectivity index (χ2v) is 6.94. The molecule has 0 amide bonds. The Kier molecular flexibility index (Phi) is 6.28. The molecule has 132 valence electrons. The Balaban J connectivity index is 3.77. The molecule has 0 aliphatic heterocycles. The van der Waals surface area contributed by atoms with E-state index in [1.165, 1.54) is 0 Å². The van der Waals surface area contributed by atoms with Gasteiger partial charge in [0.25, 0.3) is 0 Å². The van der Waals surface area contributed by atoms with Gasteiger partial charge in [0.05, 0.1) is 0 Å². The smallest absolute Gasteiger partial charge is 0.166 e. The predicted molar refractivity (Wildman–Crippen MR) is 86.8 cm³/mol. The van der Waals surface area contributed by atoms with Gasteiger partial charge in [-0.3, -0.25) is 0 Å². The minimum atomic E-state index is -1.24. The largest absolute Gasteiger partial charge is 0.203 e. The van der Waals surface area contributed by atoms with Crippen molar-refractivity contribution >= 4 is 0 Å². The Bertz CT molecular complexity index is 532. The molecule has 0 aliphatic carbocycles. The van der Waals surface area contributed by atoms with Gasteiger partial charge < -0.3 is 0 Å². The van der Waals surface area contributed by atoms with Crippen LogP contribution in [0.3, 0.4) is 0 Å². The molecular weight excluding hydrogens is 304 g/mol. The van der Waals surface area contributed by atoms with Crippen LogP contribution in [-0.2, 0) is 10.8 Å². The van der Waals surface area contributed by atoms with E-state index >= 15 is 0 Å². The average molecular weight is 332 g/mol. The van der Waals surface area contributed by atoms with Gasteiger partial charge in [0, 0.05) is 11.1 Å². The van der Waals surface area contributed by atoms with Crippen molar-refractivity contribution < 1.29 is 17.6 Å². The van der Waals surface area contributed by atoms with Crippen LogP contribution >= 0.6 is 0 Å². The molecule has 0 aromatic heterocycles. The molecule has 1 atom stereocenters. The van der Waals surface area contributed by atoms with Crippen molar-refractivity contribution in [3.63, 3.8) is 0 Å². The first kappa shape index (κ1) is 20.0. The van der Waals surface area contributed by atoms with E-state index in [1.54, 1.807) is 34.6 Å². The summed E-state index contributed by atoms with van der Waals surface area (Å²) in [6.07, 6.45) is 2.35. The minimum Gasteiger partial charge on any atom is -0.203 e. The van der Waals surface area contributed by atoms with Crippen molar-refractivity contribution in [1.82, 2.24) is 0 Å². The van der Waals surface area contributed by atoms with Crippen LogP contribution in [0.5, 0.6) is 0 Å². The van der Waals surface area contributed by atoms with Crippen LogP contribution in [0.25, 0.3) is 0 Å². The summed E-state index contributed by atoms with van der Waals surface area (Å²) in [5.74, 6) is -4.93. The van der Waals surface area contributed by atoms with E-state index in [2.05, 4.69) is 0 Å². The van der Waals surface area contributed by atoms with Crippen molar-refractivity contribution in [2.75, 3.05) is 0 Å². The molecule has 0 saturated heterocycles. The molecule has 0 saturated carbocycles. The third-order valence-electron chi connectivity index (χ3n) is 5.61. The number of rotatable bonds is 7. The van der Waals surface area contributed by atoms with E-state index in [1.807, 2.05) is 6.92 Å². The van der Waals surface area contributed by atoms with Crippen LogP contribution in [0, 0.1) is 23.3 Å². The standard InChI is InChI=1S/C19H28F4/c1-7-11-19(6,10-4)13-16(22)14(20)12(15(21)17(13)23)18(5,8-2)9-3/h7-11H2,1-6H3. The van der Waals surface area contributed by atoms with Crippen LogP contribution in [0.15, 0.2) is 0 Å². The lowest BCUT2D eigenvalue weighted by Crippen LogP contribution is -2.30. The van der Waals surface area contributed by atoms with Gasteiger partial charge in [-0.05, 0) is 36.5 Å². The maximum Gasteiger partial charge on any atom is 0.166 e. The molecule has 0 nitrogen and oxygen atoms in total. The van der Waals surface area contributed by atoms with Crippen LogP contribution in [0.1, 0.15) is 84.8 Å². The molecule has 0 radical (unpaired) electrons. The third-order valence-corrected chi connectivity index (χ3v) is 5.61. The van der Waals surface area contributed by atoms with Crippen molar-refractivity contribution in [2.45, 2.75) is 84.5 Å². The number of halogens is 4. The van der Waals surface area contributed by atoms with Gasteiger partial charge in [-0.15, -0.1) is 0 Å². The summed E-state index contributed by atoms with van der Waals surface area (Å²) in [5.41, 5.74) is -2.76. The summed E-state index contributed by atoms with van der Waals surface area (Å²) >= 11 is 0. The quantitative estimate of drug-likeness (QED) is 0.381. The lowest BCUT2D eigenvalue weighted by Gasteiger charge is -2.33. The zero-order valence-electron chi connectivity index (χ0n) is 15.0. The number of hydrogen-bond donors (Lipinski definition) is 0. The second-order valence-electron chi connectivity index (χ2n) is 6.94. The SMILES string of the molecule is CCCC(C)(CC)c1c(F)c(F)c(C(C)(CC)CC)c(F)c1F. The van der Waals surface area contributed by atoms with E-state index in [0.717, 1.165) is 0 Å². The summed E-state index contributed by atoms with van der Waals surface area (Å²) in [5, 5.41) is 0. The normalized spacial score (nSPS) is 14.9. The summed E-state index contributed by atoms with van der Waals surface area (Å²) in [6, 6.07) is 0. The fourth-order valence-electron chi connectivity index (χ4n) is 3.33. The van der Waals surface area contributed by atoms with Crippen LogP contribution in [-0.4, -0.2) is 0 Å². The predicted octanol–water partition coefficient (Wildman–Crippen LogP) is 6.79. The van der Waals surface area contributed by atoms with E-state index in [9.17, 15) is 17.6 Å². The molecule has 0 fully saturated rings. The van der Waals surface area contributed by atoms with Gasteiger partial charge in [0.15, 0.2) is 23.3 Å². The molecule has 0 heterocycles. The molecular formula is C19H28F4. The average Bonchev–Trinajstić information content (AvgIpc) is 2.53. The highest BCUT2D eigenvalue weighted by atomic mass is 19.2. The maximum absolute atomic E-state index is 14.7. The summed E-state index contributed by atoms with van der Waals surface area (Å²) in [4.78, 5) is 0. The van der Waals surface area contributed by atoms with Gasteiger partial charge in [0.1, 0.15) is 0 Å². The Hall–Kier alpha value is -1.06. The van der Waals surface area contributed by atoms with Crippen molar-refractivity contribution in [2.24, 2.45) is 0 Å². The molecule has 0 N–H and O–H groups in total. The zero-order valence-corrected chi connectivity index (χ0v) is 15.0. The van der Waals surface area contributed by atoms with E-state index in [-0.39, 0.29) is 0 Å². The lowest BCUT2D eigenvalue weighted by atomic mass is 9.72. The topological polar surface area (TPSA) is 0 Å². The monoisotopic (exact) mass is 332 g/mol. The maximum atomic E-state index is 14.7. The van der Waals surface area contributed by atoms with Gasteiger partial charge in [-0.25, -0.2) is 17.6 Å². The molecule has 0 spiro atoms. The van der Waals surface area contributed by atoms with Gasteiger partial charge in [-0.1, -0.05) is 48.0 Å². The summed E-state index contributed by atoms with van der Waals surface area (Å²) in [7, 11) is 0. The molecule has 0 aliphatic rings. The third kappa shape index (κ3) is 3.27. The van der Waals surface area contributed by atoms with Crippen molar-refractivity contribution in [1.29, 1.82) is 0 Å². The molecule has 1 rings (SSSR count). The summed E-state index contributed by atoms with van der Waals surface area (Å²) in [6.45, 7) is 10.5. The Labute approximate surface area is 137 Å². The second kappa shape index (κ2) is 7.23. The molecule has 4 heteroatoms. The van der Waals surface area contributed by atoms with E-state index < -0.39 is 45.2 Å². The first-order valence-corrected chi connectivity index (χ1v) is 8.50. The minimum absolute atomic E-state index is 0.398. The van der Waals surface area contributed by atoms with Crippen molar-refractivity contribution in [3.8, 4) is 0 Å². The molecule has 1 aromatic rings. The molecule has 1 unspecified atom stereocenters. The van der Waals surface area contributed by atoms with Gasteiger partial charge in [-0.2, -0.15) is 0 Å². The summed E-state index contributed by atoms with van der Waals surface area (Å²) < 4.78 is 58.9. The highest BCUT2D eigenvalue weighted by Crippen LogP contribution is 2.43. The fraction of sp³-hybridized carbons (Fsp3) is 0.684. The molecule has 0 bridgehead atoms. The van der Waals surface area contributed by atoms with Gasteiger partial charge >= 0.3 is 0 Å². The van der Waals surface area contributed by atoms with Crippen LogP contribution in [0.4, 0.5) is 17.6 Å². The van der Waals surface area contributed by atoms with E-state index in [0.29, 0.717) is 32.1 Å².